The van der Waals surface area contributed by atoms with Crippen LogP contribution in [0.1, 0.15) is 233 Å². The van der Waals surface area contributed by atoms with Gasteiger partial charge in [0.25, 0.3) is 0 Å². The fourth-order valence-electron chi connectivity index (χ4n) is 7.23. The molecule has 0 rings (SSSR count). The van der Waals surface area contributed by atoms with Gasteiger partial charge in [-0.25, -0.2) is 0 Å². The van der Waals surface area contributed by atoms with E-state index in [9.17, 15) is 14.4 Å². The number of hydrogen-bond acceptors (Lipinski definition) is 6. The first-order valence-electron chi connectivity index (χ1n) is 27.7. The molecule has 0 aliphatic carbocycles. The highest BCUT2D eigenvalue weighted by molar-refractivity contribution is 5.71. The minimum absolute atomic E-state index is 0.110. The van der Waals surface area contributed by atoms with Gasteiger partial charge in [-0.3, -0.25) is 14.4 Å². The van der Waals surface area contributed by atoms with Crippen molar-refractivity contribution < 1.29 is 28.6 Å². The van der Waals surface area contributed by atoms with Gasteiger partial charge in [-0.05, 0) is 89.9 Å². The molecule has 6 nitrogen and oxygen atoms in total. The fourth-order valence-corrected chi connectivity index (χ4v) is 7.23. The van der Waals surface area contributed by atoms with E-state index in [1.165, 1.54) is 89.9 Å². The third-order valence-corrected chi connectivity index (χ3v) is 11.4. The monoisotopic (exact) mass is 941 g/mol. The minimum Gasteiger partial charge on any atom is -0.462 e. The predicted octanol–water partition coefficient (Wildman–Crippen LogP) is 18.5. The number of ether oxygens (including phenoxy) is 3. The van der Waals surface area contributed by atoms with E-state index in [2.05, 4.69) is 69.4 Å². The Labute approximate surface area is 418 Å². The molecule has 0 heterocycles. The van der Waals surface area contributed by atoms with Crippen LogP contribution < -0.4 is 0 Å². The van der Waals surface area contributed by atoms with E-state index >= 15 is 0 Å². The van der Waals surface area contributed by atoms with Crippen molar-refractivity contribution in [3.63, 3.8) is 0 Å². The summed E-state index contributed by atoms with van der Waals surface area (Å²) >= 11 is 0. The van der Waals surface area contributed by atoms with Crippen LogP contribution in [0.25, 0.3) is 0 Å². The first kappa shape index (κ1) is 63.8. The van der Waals surface area contributed by atoms with E-state index in [1.807, 2.05) is 72.9 Å². The summed E-state index contributed by atoms with van der Waals surface area (Å²) in [6, 6.07) is 0. The molecule has 0 fully saturated rings. The first-order valence-corrected chi connectivity index (χ1v) is 27.7. The van der Waals surface area contributed by atoms with Crippen molar-refractivity contribution in [3.8, 4) is 0 Å². The molecule has 384 valence electrons. The minimum atomic E-state index is -0.815. The van der Waals surface area contributed by atoms with Gasteiger partial charge in [-0.1, -0.05) is 245 Å². The van der Waals surface area contributed by atoms with Gasteiger partial charge < -0.3 is 14.2 Å². The Morgan fingerprint density at radius 3 is 0.971 bits per heavy atom. The van der Waals surface area contributed by atoms with Crippen LogP contribution >= 0.6 is 0 Å². The largest absolute Gasteiger partial charge is 0.462 e. The molecule has 0 bridgehead atoms. The fraction of sp³-hybridized carbons (Fsp3) is 0.629. The van der Waals surface area contributed by atoms with Crippen LogP contribution in [0.2, 0.25) is 0 Å². The number of unbranched alkanes of at least 4 members (excludes halogenated alkanes) is 24. The van der Waals surface area contributed by atoms with Crippen molar-refractivity contribution in [1.29, 1.82) is 0 Å². The Hall–Kier alpha value is -4.19. The molecule has 0 aliphatic rings. The van der Waals surface area contributed by atoms with Gasteiger partial charge in [0.15, 0.2) is 6.10 Å². The van der Waals surface area contributed by atoms with E-state index in [0.717, 1.165) is 103 Å². The van der Waals surface area contributed by atoms with Crippen molar-refractivity contribution in [1.82, 2.24) is 0 Å². The molecule has 0 radical (unpaired) electrons. The summed E-state index contributed by atoms with van der Waals surface area (Å²) in [6.07, 6.45) is 76.1. The van der Waals surface area contributed by atoms with Crippen molar-refractivity contribution in [2.75, 3.05) is 13.2 Å². The molecule has 0 saturated heterocycles. The molecule has 1 atom stereocenters. The van der Waals surface area contributed by atoms with Crippen molar-refractivity contribution in [3.05, 3.63) is 122 Å². The van der Waals surface area contributed by atoms with Crippen LogP contribution in [0.3, 0.4) is 0 Å². The van der Waals surface area contributed by atoms with Gasteiger partial charge in [-0.2, -0.15) is 0 Å². The summed E-state index contributed by atoms with van der Waals surface area (Å²) in [7, 11) is 0. The van der Waals surface area contributed by atoms with Gasteiger partial charge in [-0.15, -0.1) is 0 Å². The van der Waals surface area contributed by atoms with Gasteiger partial charge >= 0.3 is 17.9 Å². The van der Waals surface area contributed by atoms with Crippen LogP contribution in [0.4, 0.5) is 0 Å². The standard InChI is InChI=1S/C62H100O6/c1-4-7-10-13-16-19-22-25-27-29-31-33-34-37-40-43-46-49-52-55-61(64)67-58-59(57-66-60(63)54-51-48-45-42-39-36-24-21-18-15-12-9-6-3)68-62(65)56-53-50-47-44-41-38-35-32-30-28-26-23-20-17-14-11-8-5-2/h7,10,13,16,19,22,25,27-37,39-40,59H,4-6,8-9,11-12,14-15,17-18,20-21,23-24,26,38,41-58H2,1-3H3/b10-7-,16-13-,22-19-,27-25-,30-28-,31-29+,34-33-,35-32-,39-36-,40-37-. The zero-order chi connectivity index (χ0) is 49.3. The van der Waals surface area contributed by atoms with Crippen LogP contribution in [-0.2, 0) is 28.6 Å². The second-order valence-corrected chi connectivity index (χ2v) is 18.0. The van der Waals surface area contributed by atoms with Gasteiger partial charge in [0.2, 0.25) is 0 Å². The van der Waals surface area contributed by atoms with E-state index in [4.69, 9.17) is 14.2 Å². The van der Waals surface area contributed by atoms with Crippen molar-refractivity contribution >= 4 is 17.9 Å². The Balaban J connectivity index is 4.55. The summed E-state index contributed by atoms with van der Waals surface area (Å²) in [5, 5.41) is 0. The van der Waals surface area contributed by atoms with Crippen LogP contribution in [0.5, 0.6) is 0 Å². The zero-order valence-corrected chi connectivity index (χ0v) is 43.8. The molecule has 6 heteroatoms. The molecular weight excluding hydrogens is 841 g/mol. The first-order chi connectivity index (χ1) is 33.5. The summed E-state index contributed by atoms with van der Waals surface area (Å²) in [6.45, 7) is 6.41. The summed E-state index contributed by atoms with van der Waals surface area (Å²) in [4.78, 5) is 38.1. The third kappa shape index (κ3) is 52.8. The van der Waals surface area contributed by atoms with E-state index < -0.39 is 6.10 Å². The quantitative estimate of drug-likeness (QED) is 0.0199. The summed E-state index contributed by atoms with van der Waals surface area (Å²) in [5.41, 5.74) is 0. The Kier molecular flexibility index (Phi) is 52.0. The lowest BCUT2D eigenvalue weighted by Crippen LogP contribution is -2.30. The Bertz CT molecular complexity index is 1450. The number of esters is 3. The van der Waals surface area contributed by atoms with Gasteiger partial charge in [0, 0.05) is 19.3 Å². The molecule has 0 spiro atoms. The number of carbonyl (C=O) groups excluding carboxylic acids is 3. The predicted molar refractivity (Wildman–Crippen MR) is 293 cm³/mol. The van der Waals surface area contributed by atoms with Crippen LogP contribution in [-0.4, -0.2) is 37.2 Å². The van der Waals surface area contributed by atoms with E-state index in [-0.39, 0.29) is 31.1 Å². The summed E-state index contributed by atoms with van der Waals surface area (Å²) < 4.78 is 16.8. The highest BCUT2D eigenvalue weighted by Crippen LogP contribution is 2.13. The second-order valence-electron chi connectivity index (χ2n) is 18.0. The zero-order valence-electron chi connectivity index (χ0n) is 43.8. The SMILES string of the molecule is CC\C=C/C=C\C=C/C=C\C=C\C=C/C=C\CCCCCC(=O)OCC(COC(=O)CCCCC/C=C\CCCCCCCC)OC(=O)CCCCCCC/C=C\C=C/CCCCCCCCC. The number of carbonyl (C=O) groups is 3. The lowest BCUT2D eigenvalue weighted by molar-refractivity contribution is -0.167. The lowest BCUT2D eigenvalue weighted by Gasteiger charge is -2.18. The van der Waals surface area contributed by atoms with Crippen molar-refractivity contribution in [2.24, 2.45) is 0 Å². The van der Waals surface area contributed by atoms with Crippen LogP contribution in [0.15, 0.2) is 122 Å². The molecule has 0 N–H and O–H groups in total. The average Bonchev–Trinajstić information content (AvgIpc) is 3.34. The molecule has 0 saturated carbocycles. The molecule has 0 aromatic carbocycles. The smallest absolute Gasteiger partial charge is 0.306 e. The Morgan fingerprint density at radius 2 is 0.588 bits per heavy atom. The van der Waals surface area contributed by atoms with Gasteiger partial charge in [0.05, 0.1) is 0 Å². The average molecular weight is 941 g/mol. The highest BCUT2D eigenvalue weighted by atomic mass is 16.6. The maximum absolute atomic E-state index is 12.8. The summed E-state index contributed by atoms with van der Waals surface area (Å²) in [5.74, 6) is -0.990. The molecule has 0 amide bonds. The molecule has 0 aromatic heterocycles. The number of rotatable bonds is 48. The van der Waals surface area contributed by atoms with E-state index in [0.29, 0.717) is 19.3 Å². The maximum atomic E-state index is 12.8. The van der Waals surface area contributed by atoms with Crippen molar-refractivity contribution in [2.45, 2.75) is 239 Å². The number of hydrogen-bond donors (Lipinski definition) is 0. The number of allylic oxidation sites excluding steroid dienone is 20. The Morgan fingerprint density at radius 1 is 0.309 bits per heavy atom. The second kappa shape index (κ2) is 55.4. The van der Waals surface area contributed by atoms with E-state index in [1.54, 1.807) is 0 Å². The molecule has 1 unspecified atom stereocenters. The molecule has 0 aromatic rings. The van der Waals surface area contributed by atoms with Gasteiger partial charge in [0.1, 0.15) is 13.2 Å². The lowest BCUT2D eigenvalue weighted by atomic mass is 10.1. The molecule has 68 heavy (non-hydrogen) atoms. The van der Waals surface area contributed by atoms with Crippen LogP contribution in [0, 0.1) is 0 Å². The molecular formula is C62H100O6. The normalized spacial score (nSPS) is 13.0. The molecule has 0 aliphatic heterocycles. The maximum Gasteiger partial charge on any atom is 0.306 e. The topological polar surface area (TPSA) is 78.9 Å². The third-order valence-electron chi connectivity index (χ3n) is 11.4. The highest BCUT2D eigenvalue weighted by Gasteiger charge is 2.19.